The molecule has 0 spiro atoms. The zero-order chi connectivity index (χ0) is 17.4. The van der Waals surface area contributed by atoms with Crippen LogP contribution in [0, 0.1) is 12.7 Å². The van der Waals surface area contributed by atoms with Gasteiger partial charge in [-0.05, 0) is 49.4 Å². The lowest BCUT2D eigenvalue weighted by atomic mass is 10.3. The second kappa shape index (κ2) is 5.82. The first-order chi connectivity index (χ1) is 12.1. The van der Waals surface area contributed by atoms with Crippen LogP contribution in [0.25, 0.3) is 11.3 Å². The van der Waals surface area contributed by atoms with Crippen LogP contribution < -0.4 is 5.32 Å². The number of fused-ring (bicyclic) bond motifs is 1. The van der Waals surface area contributed by atoms with Crippen LogP contribution in [0.1, 0.15) is 16.2 Å². The number of anilines is 1. The summed E-state index contributed by atoms with van der Waals surface area (Å²) in [7, 11) is 0. The third kappa shape index (κ3) is 2.74. The first-order valence-electron chi connectivity index (χ1n) is 7.55. The van der Waals surface area contributed by atoms with E-state index in [1.807, 2.05) is 19.1 Å². The average Bonchev–Trinajstić information content (AvgIpc) is 3.20. The molecule has 0 bridgehead atoms. The third-order valence-electron chi connectivity index (χ3n) is 3.73. The van der Waals surface area contributed by atoms with Crippen LogP contribution in [0.5, 0.6) is 0 Å². The summed E-state index contributed by atoms with van der Waals surface area (Å²) in [5.41, 5.74) is 2.29. The Bertz CT molecular complexity index is 1070. The number of aryl methyl sites for hydroxylation is 1. The Balaban J connectivity index is 1.63. The predicted molar refractivity (Wildman–Crippen MR) is 89.2 cm³/mol. The smallest absolute Gasteiger partial charge is 0.278 e. The second-order valence-corrected chi connectivity index (χ2v) is 5.47. The molecular weight excluding hydrogens is 323 g/mol. The molecule has 3 heterocycles. The van der Waals surface area contributed by atoms with E-state index in [2.05, 4.69) is 20.6 Å². The topological polar surface area (TPSA) is 77.1 Å². The van der Waals surface area contributed by atoms with Crippen LogP contribution in [0.2, 0.25) is 0 Å². The Hall–Kier alpha value is -3.55. The number of carbonyl (C=O) groups is 1. The Morgan fingerprint density at radius 3 is 2.72 bits per heavy atom. The largest absolute Gasteiger partial charge is 0.289 e. The van der Waals surface area contributed by atoms with Crippen molar-refractivity contribution in [2.45, 2.75) is 6.92 Å². The number of hydrogen-bond donors (Lipinski definition) is 1. The molecular formula is C17H13FN6O. The van der Waals surface area contributed by atoms with E-state index in [0.717, 1.165) is 5.69 Å². The minimum absolute atomic E-state index is 0.231. The van der Waals surface area contributed by atoms with Crippen molar-refractivity contribution >= 4 is 17.5 Å². The van der Waals surface area contributed by atoms with Crippen molar-refractivity contribution in [3.8, 4) is 5.69 Å². The van der Waals surface area contributed by atoms with E-state index in [9.17, 15) is 9.18 Å². The molecule has 8 heteroatoms. The lowest BCUT2D eigenvalue weighted by Crippen LogP contribution is -2.15. The Kier molecular flexibility index (Phi) is 3.50. The normalized spacial score (nSPS) is 11.0. The predicted octanol–water partition coefficient (Wildman–Crippen LogP) is 2.61. The summed E-state index contributed by atoms with van der Waals surface area (Å²) >= 11 is 0. The van der Waals surface area contributed by atoms with Gasteiger partial charge in [-0.1, -0.05) is 6.07 Å². The molecule has 7 nitrogen and oxygen atoms in total. The molecule has 0 atom stereocenters. The van der Waals surface area contributed by atoms with Gasteiger partial charge in [-0.15, -0.1) is 10.2 Å². The zero-order valence-electron chi connectivity index (χ0n) is 13.2. The number of amides is 1. The molecule has 0 saturated carbocycles. The lowest BCUT2D eigenvalue weighted by Gasteiger charge is -2.03. The van der Waals surface area contributed by atoms with Crippen molar-refractivity contribution in [1.82, 2.24) is 24.4 Å². The minimum atomic E-state index is -0.401. The molecule has 0 saturated heterocycles. The molecule has 4 aromatic rings. The molecule has 1 N–H and O–H groups in total. The van der Waals surface area contributed by atoms with E-state index in [1.165, 1.54) is 12.1 Å². The van der Waals surface area contributed by atoms with Gasteiger partial charge in [0.25, 0.3) is 5.91 Å². The highest BCUT2D eigenvalue weighted by atomic mass is 19.1. The van der Waals surface area contributed by atoms with E-state index in [1.54, 1.807) is 39.5 Å². The fourth-order valence-electron chi connectivity index (χ4n) is 2.52. The number of rotatable bonds is 3. The van der Waals surface area contributed by atoms with Crippen LogP contribution in [0.15, 0.2) is 54.7 Å². The molecule has 4 rings (SSSR count). The molecule has 3 aromatic heterocycles. The van der Waals surface area contributed by atoms with Gasteiger partial charge in [-0.25, -0.2) is 9.07 Å². The van der Waals surface area contributed by atoms with Gasteiger partial charge in [0.05, 0.1) is 5.69 Å². The number of nitrogens with zero attached hydrogens (tertiary/aromatic N) is 5. The van der Waals surface area contributed by atoms with Crippen LogP contribution in [0.3, 0.4) is 0 Å². The highest BCUT2D eigenvalue weighted by Gasteiger charge is 2.16. The first-order valence-corrected chi connectivity index (χ1v) is 7.55. The summed E-state index contributed by atoms with van der Waals surface area (Å²) in [5.74, 6) is -0.415. The summed E-state index contributed by atoms with van der Waals surface area (Å²) in [6.07, 6.45) is 1.76. The second-order valence-electron chi connectivity index (χ2n) is 5.47. The number of halogens is 1. The van der Waals surface area contributed by atoms with Gasteiger partial charge in [-0.3, -0.25) is 14.5 Å². The third-order valence-corrected chi connectivity index (χ3v) is 3.73. The number of aromatic nitrogens is 5. The fraction of sp³-hybridized carbons (Fsp3) is 0.0588. The highest BCUT2D eigenvalue weighted by Crippen LogP contribution is 2.14. The van der Waals surface area contributed by atoms with Crippen molar-refractivity contribution in [3.05, 3.63) is 71.9 Å². The maximum absolute atomic E-state index is 13.1. The van der Waals surface area contributed by atoms with Gasteiger partial charge in [0.15, 0.2) is 11.3 Å². The van der Waals surface area contributed by atoms with E-state index in [-0.39, 0.29) is 11.5 Å². The van der Waals surface area contributed by atoms with E-state index >= 15 is 0 Å². The molecule has 1 amide bonds. The Morgan fingerprint density at radius 1 is 1.12 bits per heavy atom. The van der Waals surface area contributed by atoms with Crippen molar-refractivity contribution in [2.24, 2.45) is 0 Å². The van der Waals surface area contributed by atoms with Gasteiger partial charge in [0, 0.05) is 11.9 Å². The molecule has 0 aliphatic carbocycles. The number of benzene rings is 1. The van der Waals surface area contributed by atoms with Crippen molar-refractivity contribution < 1.29 is 9.18 Å². The average molecular weight is 336 g/mol. The molecule has 0 radical (unpaired) electrons. The van der Waals surface area contributed by atoms with Gasteiger partial charge in [0.1, 0.15) is 5.82 Å². The molecule has 25 heavy (non-hydrogen) atoms. The van der Waals surface area contributed by atoms with E-state index in [4.69, 9.17) is 0 Å². The number of nitrogens with one attached hydrogen (secondary N) is 1. The molecule has 124 valence electrons. The van der Waals surface area contributed by atoms with Gasteiger partial charge in [0.2, 0.25) is 5.95 Å². The molecule has 0 aliphatic rings. The fourth-order valence-corrected chi connectivity index (χ4v) is 2.52. The maximum Gasteiger partial charge on any atom is 0.278 e. The highest BCUT2D eigenvalue weighted by molar-refractivity contribution is 6.02. The number of hydrogen-bond acceptors (Lipinski definition) is 4. The van der Waals surface area contributed by atoms with Crippen molar-refractivity contribution in [3.63, 3.8) is 0 Å². The number of pyridine rings is 1. The van der Waals surface area contributed by atoms with E-state index in [0.29, 0.717) is 17.3 Å². The summed E-state index contributed by atoms with van der Waals surface area (Å²) in [6.45, 7) is 1.82. The quantitative estimate of drug-likeness (QED) is 0.624. The van der Waals surface area contributed by atoms with Crippen LogP contribution in [-0.2, 0) is 0 Å². The van der Waals surface area contributed by atoms with Gasteiger partial charge in [-0.2, -0.15) is 5.10 Å². The van der Waals surface area contributed by atoms with Crippen molar-refractivity contribution in [1.29, 1.82) is 0 Å². The standard InChI is InChI=1S/C17H13FN6O/c1-11-10-14(22-24(11)13-7-5-12(18)6-8-13)16(25)19-17-21-20-15-4-2-3-9-23(15)17/h2-10H,1H3,(H,19,21,25). The molecule has 0 aliphatic heterocycles. The molecule has 1 aromatic carbocycles. The molecule has 0 unspecified atom stereocenters. The maximum atomic E-state index is 13.1. The SMILES string of the molecule is Cc1cc(C(=O)Nc2nnc3ccccn23)nn1-c1ccc(F)cc1. The molecule has 0 fully saturated rings. The van der Waals surface area contributed by atoms with Crippen LogP contribution in [-0.4, -0.2) is 30.3 Å². The van der Waals surface area contributed by atoms with E-state index < -0.39 is 5.91 Å². The van der Waals surface area contributed by atoms with Gasteiger partial charge >= 0.3 is 0 Å². The lowest BCUT2D eigenvalue weighted by molar-refractivity contribution is 0.102. The summed E-state index contributed by atoms with van der Waals surface area (Å²) in [6, 6.07) is 13.0. The van der Waals surface area contributed by atoms with Crippen LogP contribution in [0.4, 0.5) is 10.3 Å². The first kappa shape index (κ1) is 15.0. The number of carbonyl (C=O) groups excluding carboxylic acids is 1. The van der Waals surface area contributed by atoms with Crippen molar-refractivity contribution in [2.75, 3.05) is 5.32 Å². The summed E-state index contributed by atoms with van der Waals surface area (Å²) in [5, 5.41) is 14.9. The van der Waals surface area contributed by atoms with Crippen LogP contribution >= 0.6 is 0 Å². The monoisotopic (exact) mass is 336 g/mol. The Morgan fingerprint density at radius 2 is 1.92 bits per heavy atom. The summed E-state index contributed by atoms with van der Waals surface area (Å²) < 4.78 is 16.3. The summed E-state index contributed by atoms with van der Waals surface area (Å²) in [4.78, 5) is 12.5. The minimum Gasteiger partial charge on any atom is -0.289 e. The zero-order valence-corrected chi connectivity index (χ0v) is 13.2. The Labute approximate surface area is 141 Å². The van der Waals surface area contributed by atoms with Gasteiger partial charge < -0.3 is 0 Å².